The summed E-state index contributed by atoms with van der Waals surface area (Å²) in [5.74, 6) is 0. The van der Waals surface area contributed by atoms with E-state index in [-0.39, 0.29) is 0 Å². The Morgan fingerprint density at radius 3 is 3.00 bits per heavy atom. The van der Waals surface area contributed by atoms with Gasteiger partial charge in [-0.3, -0.25) is 4.98 Å². The van der Waals surface area contributed by atoms with Crippen molar-refractivity contribution in [3.05, 3.63) is 39.0 Å². The molecule has 0 aliphatic rings. The Morgan fingerprint density at radius 2 is 2.38 bits per heavy atom. The van der Waals surface area contributed by atoms with E-state index in [9.17, 15) is 5.11 Å². The summed E-state index contributed by atoms with van der Waals surface area (Å²) in [6.07, 6.45) is 1.84. The third kappa shape index (κ3) is 2.89. The Morgan fingerprint density at radius 1 is 1.50 bits per heavy atom. The highest BCUT2D eigenvalue weighted by Crippen LogP contribution is 2.24. The number of thiophene rings is 1. The monoisotopic (exact) mass is 254 g/mol. The zero-order chi connectivity index (χ0) is 11.4. The lowest BCUT2D eigenvalue weighted by Gasteiger charge is -2.22. The Bertz CT molecular complexity index is 409. The highest BCUT2D eigenvalue weighted by atomic mass is 32.1. The van der Waals surface area contributed by atoms with Crippen molar-refractivity contribution in [1.29, 1.82) is 0 Å². The number of aliphatic hydroxyl groups is 1. The van der Waals surface area contributed by atoms with Crippen LogP contribution in [-0.2, 0) is 12.1 Å². The largest absolute Gasteiger partial charge is 0.383 e. The van der Waals surface area contributed by atoms with Gasteiger partial charge in [-0.15, -0.1) is 22.7 Å². The minimum absolute atomic E-state index is 0.547. The standard InChI is InChI=1S/C11H14N2OS2/c1-11(14,10-3-2-4-15-10)7-12-5-9-6-13-8-16-9/h2-4,6,8,12,14H,5,7H2,1H3. The van der Waals surface area contributed by atoms with Crippen LogP contribution in [-0.4, -0.2) is 16.6 Å². The summed E-state index contributed by atoms with van der Waals surface area (Å²) in [6.45, 7) is 3.14. The van der Waals surface area contributed by atoms with E-state index in [0.717, 1.165) is 11.4 Å². The number of nitrogens with zero attached hydrogens (tertiary/aromatic N) is 1. The Balaban J connectivity index is 1.85. The summed E-state index contributed by atoms with van der Waals surface area (Å²) in [5, 5.41) is 15.5. The SMILES string of the molecule is CC(O)(CNCc1cncs1)c1cccs1. The van der Waals surface area contributed by atoms with Crippen LogP contribution in [0, 0.1) is 0 Å². The Hall–Kier alpha value is -0.750. The van der Waals surface area contributed by atoms with Gasteiger partial charge in [0, 0.05) is 29.0 Å². The molecule has 1 unspecified atom stereocenters. The first kappa shape index (κ1) is 11.7. The van der Waals surface area contributed by atoms with Crippen LogP contribution in [0.1, 0.15) is 16.7 Å². The zero-order valence-electron chi connectivity index (χ0n) is 9.01. The molecule has 3 nitrogen and oxygen atoms in total. The minimum Gasteiger partial charge on any atom is -0.383 e. The van der Waals surface area contributed by atoms with E-state index in [1.807, 2.05) is 36.1 Å². The van der Waals surface area contributed by atoms with E-state index in [4.69, 9.17) is 0 Å². The molecule has 0 radical (unpaired) electrons. The number of hydrogen-bond donors (Lipinski definition) is 2. The molecule has 16 heavy (non-hydrogen) atoms. The van der Waals surface area contributed by atoms with Gasteiger partial charge in [0.15, 0.2) is 0 Å². The maximum absolute atomic E-state index is 10.2. The molecule has 2 aromatic heterocycles. The van der Waals surface area contributed by atoms with Gasteiger partial charge in [-0.05, 0) is 18.4 Å². The van der Waals surface area contributed by atoms with Gasteiger partial charge in [-0.2, -0.15) is 0 Å². The minimum atomic E-state index is -0.793. The number of nitrogens with one attached hydrogen (secondary N) is 1. The summed E-state index contributed by atoms with van der Waals surface area (Å²) in [6, 6.07) is 3.91. The highest BCUT2D eigenvalue weighted by Gasteiger charge is 2.23. The van der Waals surface area contributed by atoms with Crippen LogP contribution in [0.3, 0.4) is 0 Å². The predicted octanol–water partition coefficient (Wildman–Crippen LogP) is 2.20. The third-order valence-corrected chi connectivity index (χ3v) is 4.21. The van der Waals surface area contributed by atoms with Crippen molar-refractivity contribution in [2.75, 3.05) is 6.54 Å². The average Bonchev–Trinajstić information content (AvgIpc) is 2.90. The molecular weight excluding hydrogens is 240 g/mol. The number of thiazole rings is 1. The van der Waals surface area contributed by atoms with Crippen LogP contribution in [0.2, 0.25) is 0 Å². The predicted molar refractivity (Wildman–Crippen MR) is 67.7 cm³/mol. The molecule has 0 aromatic carbocycles. The lowest BCUT2D eigenvalue weighted by molar-refractivity contribution is 0.0605. The molecule has 2 rings (SSSR count). The molecule has 0 saturated heterocycles. The molecule has 1 atom stereocenters. The van der Waals surface area contributed by atoms with Crippen LogP contribution in [0.25, 0.3) is 0 Å². The van der Waals surface area contributed by atoms with Crippen LogP contribution >= 0.6 is 22.7 Å². The van der Waals surface area contributed by atoms with Gasteiger partial charge in [0.25, 0.3) is 0 Å². The molecule has 86 valence electrons. The Kier molecular flexibility index (Phi) is 3.70. The molecule has 0 aliphatic carbocycles. The molecule has 0 fully saturated rings. The van der Waals surface area contributed by atoms with Crippen molar-refractivity contribution in [2.24, 2.45) is 0 Å². The van der Waals surface area contributed by atoms with Gasteiger partial charge in [-0.1, -0.05) is 6.07 Å². The van der Waals surface area contributed by atoms with Crippen molar-refractivity contribution in [2.45, 2.75) is 19.1 Å². The van der Waals surface area contributed by atoms with Crippen molar-refractivity contribution >= 4 is 22.7 Å². The molecule has 2 N–H and O–H groups in total. The van der Waals surface area contributed by atoms with Crippen molar-refractivity contribution < 1.29 is 5.11 Å². The second-order valence-electron chi connectivity index (χ2n) is 3.82. The van der Waals surface area contributed by atoms with Gasteiger partial charge in [0.05, 0.1) is 5.51 Å². The van der Waals surface area contributed by atoms with E-state index in [0.29, 0.717) is 6.54 Å². The van der Waals surface area contributed by atoms with Crippen LogP contribution < -0.4 is 5.32 Å². The second-order valence-corrected chi connectivity index (χ2v) is 5.74. The van der Waals surface area contributed by atoms with E-state index < -0.39 is 5.60 Å². The fourth-order valence-corrected chi connectivity index (χ4v) is 2.78. The smallest absolute Gasteiger partial charge is 0.108 e. The van der Waals surface area contributed by atoms with Gasteiger partial charge >= 0.3 is 0 Å². The molecule has 5 heteroatoms. The molecule has 0 amide bonds. The molecule has 0 bridgehead atoms. The highest BCUT2D eigenvalue weighted by molar-refractivity contribution is 7.10. The van der Waals surface area contributed by atoms with E-state index in [2.05, 4.69) is 10.3 Å². The fourth-order valence-electron chi connectivity index (χ4n) is 1.43. The lowest BCUT2D eigenvalue weighted by atomic mass is 10.1. The molecule has 0 aliphatic heterocycles. The first-order chi connectivity index (χ1) is 7.68. The quantitative estimate of drug-likeness (QED) is 0.860. The lowest BCUT2D eigenvalue weighted by Crippen LogP contribution is -2.34. The first-order valence-corrected chi connectivity index (χ1v) is 6.79. The topological polar surface area (TPSA) is 45.1 Å². The fraction of sp³-hybridized carbons (Fsp3) is 0.364. The number of rotatable bonds is 5. The van der Waals surface area contributed by atoms with Crippen LogP contribution in [0.4, 0.5) is 0 Å². The van der Waals surface area contributed by atoms with Crippen molar-refractivity contribution in [1.82, 2.24) is 10.3 Å². The van der Waals surface area contributed by atoms with Crippen molar-refractivity contribution in [3.8, 4) is 0 Å². The normalized spacial score (nSPS) is 14.9. The summed E-state index contributed by atoms with van der Waals surface area (Å²) in [5.41, 5.74) is 1.02. The Labute approximate surface area is 103 Å². The van der Waals surface area contributed by atoms with Crippen molar-refractivity contribution in [3.63, 3.8) is 0 Å². The number of aromatic nitrogens is 1. The zero-order valence-corrected chi connectivity index (χ0v) is 10.6. The maximum Gasteiger partial charge on any atom is 0.108 e. The van der Waals surface area contributed by atoms with Gasteiger partial charge in [0.1, 0.15) is 5.60 Å². The summed E-state index contributed by atoms with van der Waals surface area (Å²) >= 11 is 3.20. The summed E-state index contributed by atoms with van der Waals surface area (Å²) in [4.78, 5) is 6.18. The molecule has 0 spiro atoms. The van der Waals surface area contributed by atoms with Crippen LogP contribution in [0.15, 0.2) is 29.2 Å². The van der Waals surface area contributed by atoms with E-state index >= 15 is 0 Å². The molecule has 2 heterocycles. The van der Waals surface area contributed by atoms with Gasteiger partial charge in [0.2, 0.25) is 0 Å². The molecule has 0 saturated carbocycles. The second kappa shape index (κ2) is 5.05. The average molecular weight is 254 g/mol. The van der Waals surface area contributed by atoms with E-state index in [1.54, 1.807) is 22.7 Å². The molecule has 2 aromatic rings. The third-order valence-electron chi connectivity index (χ3n) is 2.30. The summed E-state index contributed by atoms with van der Waals surface area (Å²) in [7, 11) is 0. The number of hydrogen-bond acceptors (Lipinski definition) is 5. The maximum atomic E-state index is 10.2. The van der Waals surface area contributed by atoms with Gasteiger partial charge < -0.3 is 10.4 Å². The molecular formula is C11H14N2OS2. The van der Waals surface area contributed by atoms with E-state index in [1.165, 1.54) is 4.88 Å². The summed E-state index contributed by atoms with van der Waals surface area (Å²) < 4.78 is 0. The first-order valence-electron chi connectivity index (χ1n) is 5.03. The van der Waals surface area contributed by atoms with Crippen LogP contribution in [0.5, 0.6) is 0 Å². The van der Waals surface area contributed by atoms with Gasteiger partial charge in [-0.25, -0.2) is 0 Å².